The Kier molecular flexibility index (Phi) is 5.91. The summed E-state index contributed by atoms with van der Waals surface area (Å²) in [4.78, 5) is 51.4. The van der Waals surface area contributed by atoms with Crippen LogP contribution in [0.3, 0.4) is 0 Å². The van der Waals surface area contributed by atoms with Crippen molar-refractivity contribution in [2.75, 3.05) is 11.5 Å². The summed E-state index contributed by atoms with van der Waals surface area (Å²) in [6.07, 6.45) is -1.29. The number of carbonyl (C=O) groups excluding carboxylic acids is 4. The summed E-state index contributed by atoms with van der Waals surface area (Å²) in [6, 6.07) is 19.0. The molecule has 0 aliphatic carbocycles. The Hall–Kier alpha value is -4.46. The average molecular weight is 444 g/mol. The lowest BCUT2D eigenvalue weighted by molar-refractivity contribution is -0.127. The normalized spacial score (nSPS) is 13.4. The van der Waals surface area contributed by atoms with Gasteiger partial charge in [0, 0.05) is 5.56 Å². The zero-order valence-corrected chi connectivity index (χ0v) is 17.7. The van der Waals surface area contributed by atoms with Crippen LogP contribution in [-0.2, 0) is 9.53 Å². The maximum Gasteiger partial charge on any atom is 0.339 e. The van der Waals surface area contributed by atoms with E-state index in [-0.39, 0.29) is 16.7 Å². The lowest BCUT2D eigenvalue weighted by atomic mass is 10.1. The molecule has 1 aliphatic rings. The smallest absolute Gasteiger partial charge is 0.339 e. The molecule has 2 N–H and O–H groups in total. The van der Waals surface area contributed by atoms with Crippen LogP contribution >= 0.6 is 0 Å². The van der Waals surface area contributed by atoms with E-state index in [0.717, 1.165) is 4.90 Å². The van der Waals surface area contributed by atoms with Crippen LogP contribution in [0.4, 0.5) is 5.69 Å². The molecule has 0 bridgehead atoms. The second-order valence-electron chi connectivity index (χ2n) is 7.23. The Morgan fingerprint density at radius 3 is 2.21 bits per heavy atom. The van der Waals surface area contributed by atoms with E-state index in [4.69, 9.17) is 15.2 Å². The molecule has 0 fully saturated rings. The molecular formula is C25H20N2O6. The Morgan fingerprint density at radius 2 is 1.58 bits per heavy atom. The number of nitrogens with zero attached hydrogens (tertiary/aromatic N) is 1. The predicted molar refractivity (Wildman–Crippen MR) is 119 cm³/mol. The summed E-state index contributed by atoms with van der Waals surface area (Å²) in [7, 11) is 0. The van der Waals surface area contributed by atoms with E-state index < -0.39 is 29.8 Å². The van der Waals surface area contributed by atoms with E-state index in [0.29, 0.717) is 23.6 Å². The first-order chi connectivity index (χ1) is 15.9. The van der Waals surface area contributed by atoms with Gasteiger partial charge in [-0.25, -0.2) is 9.69 Å². The number of carbonyl (C=O) groups is 4. The fraction of sp³-hybridized carbons (Fsp3) is 0.120. The fourth-order valence-corrected chi connectivity index (χ4v) is 3.55. The lowest BCUT2D eigenvalue weighted by Crippen LogP contribution is -2.29. The van der Waals surface area contributed by atoms with Gasteiger partial charge in [-0.3, -0.25) is 14.4 Å². The highest BCUT2D eigenvalue weighted by Gasteiger charge is 2.37. The minimum Gasteiger partial charge on any atom is -0.494 e. The molecule has 33 heavy (non-hydrogen) atoms. The van der Waals surface area contributed by atoms with Crippen LogP contribution in [0.2, 0.25) is 0 Å². The summed E-state index contributed by atoms with van der Waals surface area (Å²) in [5, 5.41) is 0. The molecule has 1 heterocycles. The number of hydrogen-bond acceptors (Lipinski definition) is 6. The Balaban J connectivity index is 1.58. The summed E-state index contributed by atoms with van der Waals surface area (Å²) in [5.41, 5.74) is 6.47. The molecule has 3 aromatic rings. The molecule has 0 radical (unpaired) electrons. The number of primary amides is 1. The van der Waals surface area contributed by atoms with Crippen molar-refractivity contribution in [3.05, 3.63) is 95.1 Å². The maximum absolute atomic E-state index is 13.0. The van der Waals surface area contributed by atoms with Crippen LogP contribution in [0, 0.1) is 0 Å². The van der Waals surface area contributed by atoms with Crippen molar-refractivity contribution < 1.29 is 28.7 Å². The molecule has 0 aromatic heterocycles. The highest BCUT2D eigenvalue weighted by molar-refractivity contribution is 6.34. The van der Waals surface area contributed by atoms with Crippen LogP contribution in [0.5, 0.6) is 5.75 Å². The van der Waals surface area contributed by atoms with E-state index in [9.17, 15) is 19.2 Å². The van der Waals surface area contributed by atoms with Gasteiger partial charge in [0.2, 0.25) is 6.10 Å². The number of esters is 1. The first-order valence-corrected chi connectivity index (χ1v) is 10.2. The Bertz CT molecular complexity index is 1240. The van der Waals surface area contributed by atoms with Crippen LogP contribution in [0.1, 0.15) is 49.7 Å². The molecule has 4 rings (SSSR count). The van der Waals surface area contributed by atoms with Crippen LogP contribution in [0.15, 0.2) is 72.8 Å². The van der Waals surface area contributed by atoms with Gasteiger partial charge in [0.15, 0.2) is 0 Å². The minimum absolute atomic E-state index is 0.0191. The molecule has 1 unspecified atom stereocenters. The number of nitrogens with two attached hydrogens (primary N) is 1. The molecule has 3 aromatic carbocycles. The summed E-state index contributed by atoms with van der Waals surface area (Å²) < 4.78 is 10.7. The van der Waals surface area contributed by atoms with Crippen LogP contribution < -0.4 is 15.4 Å². The topological polar surface area (TPSA) is 116 Å². The number of rotatable bonds is 7. The second kappa shape index (κ2) is 8.96. The predicted octanol–water partition coefficient (Wildman–Crippen LogP) is 3.27. The van der Waals surface area contributed by atoms with Gasteiger partial charge < -0.3 is 15.2 Å². The van der Waals surface area contributed by atoms with Gasteiger partial charge in [0.05, 0.1) is 29.0 Å². The summed E-state index contributed by atoms with van der Waals surface area (Å²) in [6.45, 7) is 2.35. The zero-order valence-electron chi connectivity index (χ0n) is 17.7. The third-order valence-electron chi connectivity index (χ3n) is 5.11. The lowest BCUT2D eigenvalue weighted by Gasteiger charge is -2.15. The SMILES string of the molecule is CCOc1ccc(N2C(=O)c3ccc(C(=O)OC(C(N)=O)c4ccccc4)cc3C2=O)cc1. The first-order valence-electron chi connectivity index (χ1n) is 10.2. The van der Waals surface area contributed by atoms with Crippen molar-refractivity contribution in [1.29, 1.82) is 0 Å². The number of benzene rings is 3. The summed E-state index contributed by atoms with van der Waals surface area (Å²) in [5.74, 6) is -2.12. The van der Waals surface area contributed by atoms with Crippen LogP contribution in [-0.4, -0.2) is 30.3 Å². The average Bonchev–Trinajstić information content (AvgIpc) is 3.08. The van der Waals surface area contributed by atoms with E-state index in [2.05, 4.69) is 0 Å². The van der Waals surface area contributed by atoms with Crippen molar-refractivity contribution in [3.63, 3.8) is 0 Å². The number of ether oxygens (including phenoxy) is 2. The van der Waals surface area contributed by atoms with Gasteiger partial charge in [-0.1, -0.05) is 30.3 Å². The molecule has 0 saturated carbocycles. The van der Waals surface area contributed by atoms with Crippen molar-refractivity contribution >= 4 is 29.4 Å². The molecule has 1 atom stereocenters. The van der Waals surface area contributed by atoms with Gasteiger partial charge in [0.1, 0.15) is 5.75 Å². The van der Waals surface area contributed by atoms with Crippen molar-refractivity contribution in [1.82, 2.24) is 0 Å². The van der Waals surface area contributed by atoms with Gasteiger partial charge in [-0.2, -0.15) is 0 Å². The Labute approximate surface area is 189 Å². The third kappa shape index (κ3) is 4.18. The molecule has 8 heteroatoms. The molecule has 0 saturated heterocycles. The third-order valence-corrected chi connectivity index (χ3v) is 5.11. The van der Waals surface area contributed by atoms with E-state index in [1.807, 2.05) is 6.92 Å². The number of fused-ring (bicyclic) bond motifs is 1. The zero-order chi connectivity index (χ0) is 23.5. The number of anilines is 1. The fourth-order valence-electron chi connectivity index (χ4n) is 3.55. The molecule has 3 amide bonds. The largest absolute Gasteiger partial charge is 0.494 e. The van der Waals surface area contributed by atoms with E-state index in [1.165, 1.54) is 18.2 Å². The number of amides is 3. The van der Waals surface area contributed by atoms with Crippen molar-refractivity contribution in [2.24, 2.45) is 5.73 Å². The van der Waals surface area contributed by atoms with Gasteiger partial charge in [-0.05, 0) is 49.4 Å². The van der Waals surface area contributed by atoms with Gasteiger partial charge >= 0.3 is 5.97 Å². The van der Waals surface area contributed by atoms with Crippen LogP contribution in [0.25, 0.3) is 0 Å². The van der Waals surface area contributed by atoms with E-state index >= 15 is 0 Å². The number of hydrogen-bond donors (Lipinski definition) is 1. The highest BCUT2D eigenvalue weighted by atomic mass is 16.5. The maximum atomic E-state index is 13.0. The second-order valence-corrected chi connectivity index (χ2v) is 7.23. The first kappa shape index (κ1) is 21.8. The quantitative estimate of drug-likeness (QED) is 0.442. The van der Waals surface area contributed by atoms with Crippen molar-refractivity contribution in [3.8, 4) is 5.75 Å². The molecular weight excluding hydrogens is 424 g/mol. The van der Waals surface area contributed by atoms with Gasteiger partial charge in [0.25, 0.3) is 17.7 Å². The molecule has 1 aliphatic heterocycles. The van der Waals surface area contributed by atoms with E-state index in [1.54, 1.807) is 54.6 Å². The Morgan fingerprint density at radius 1 is 0.909 bits per heavy atom. The van der Waals surface area contributed by atoms with Gasteiger partial charge in [-0.15, -0.1) is 0 Å². The standard InChI is InChI=1S/C25H20N2O6/c1-2-32-18-11-9-17(10-12-18)27-23(29)19-13-8-16(14-20(19)24(27)30)25(31)33-21(22(26)28)15-6-4-3-5-7-15/h3-14,21H,2H2,1H3,(H2,26,28). The highest BCUT2D eigenvalue weighted by Crippen LogP contribution is 2.31. The van der Waals surface area contributed by atoms with Crippen molar-refractivity contribution in [2.45, 2.75) is 13.0 Å². The molecule has 166 valence electrons. The molecule has 8 nitrogen and oxygen atoms in total. The number of imide groups is 1. The monoisotopic (exact) mass is 444 g/mol. The molecule has 0 spiro atoms. The minimum atomic E-state index is -1.29. The summed E-state index contributed by atoms with van der Waals surface area (Å²) >= 11 is 0.